The topological polar surface area (TPSA) is 31.2 Å². The van der Waals surface area contributed by atoms with E-state index in [0.29, 0.717) is 0 Å². The molecule has 0 spiro atoms. The standard InChI is InChI=1S/C34H54N4/c1-5-9-19-27-37(28-20-10-6-2)35-33(31-23-15-13-16-24-31)34(32-25-17-14-18-26-32)36-38(29-21-11-7-3)30-22-12-8-4/h13-18,23-26H,5-12,19-22,27-30H2,1-4H3. The van der Waals surface area contributed by atoms with Gasteiger partial charge in [-0.3, -0.25) is 10.0 Å². The first-order valence-electron chi connectivity index (χ1n) is 15.5. The Kier molecular flexibility index (Phi) is 16.9. The van der Waals surface area contributed by atoms with Crippen LogP contribution in [0.3, 0.4) is 0 Å². The van der Waals surface area contributed by atoms with Crippen LogP contribution in [0, 0.1) is 0 Å². The molecule has 4 nitrogen and oxygen atoms in total. The van der Waals surface area contributed by atoms with Gasteiger partial charge in [0.15, 0.2) is 0 Å². The minimum atomic E-state index is 0.987. The van der Waals surface area contributed by atoms with Crippen molar-refractivity contribution in [2.45, 2.75) is 105 Å². The molecular weight excluding hydrogens is 464 g/mol. The molecule has 38 heavy (non-hydrogen) atoms. The van der Waals surface area contributed by atoms with Gasteiger partial charge >= 0.3 is 0 Å². The first kappa shape index (κ1) is 31.6. The molecule has 0 amide bonds. The van der Waals surface area contributed by atoms with Crippen LogP contribution in [-0.4, -0.2) is 47.6 Å². The van der Waals surface area contributed by atoms with Crippen molar-refractivity contribution in [1.82, 2.24) is 10.0 Å². The van der Waals surface area contributed by atoms with E-state index in [1.165, 1.54) is 77.0 Å². The van der Waals surface area contributed by atoms with E-state index in [1.54, 1.807) is 0 Å². The summed E-state index contributed by atoms with van der Waals surface area (Å²) in [6.45, 7) is 13.0. The molecule has 210 valence electrons. The van der Waals surface area contributed by atoms with Crippen molar-refractivity contribution < 1.29 is 0 Å². The van der Waals surface area contributed by atoms with Crippen molar-refractivity contribution in [2.24, 2.45) is 10.2 Å². The molecule has 0 saturated heterocycles. The van der Waals surface area contributed by atoms with E-state index in [0.717, 1.165) is 48.7 Å². The summed E-state index contributed by atoms with van der Waals surface area (Å²) in [4.78, 5) is 0. The first-order valence-corrected chi connectivity index (χ1v) is 15.5. The van der Waals surface area contributed by atoms with Gasteiger partial charge in [-0.05, 0) is 25.7 Å². The van der Waals surface area contributed by atoms with E-state index in [4.69, 9.17) is 10.2 Å². The predicted octanol–water partition coefficient (Wildman–Crippen LogP) is 9.16. The molecule has 0 radical (unpaired) electrons. The van der Waals surface area contributed by atoms with Crippen LogP contribution in [0.4, 0.5) is 0 Å². The van der Waals surface area contributed by atoms with Crippen LogP contribution in [-0.2, 0) is 0 Å². The van der Waals surface area contributed by atoms with Crippen LogP contribution >= 0.6 is 0 Å². The van der Waals surface area contributed by atoms with E-state index in [1.807, 2.05) is 0 Å². The molecule has 0 fully saturated rings. The molecule has 2 rings (SSSR count). The van der Waals surface area contributed by atoms with E-state index in [9.17, 15) is 0 Å². The SMILES string of the molecule is CCCCCN(CCCCC)N=C(C(=NN(CCCCC)CCCCC)c1ccccc1)c1ccccc1. The van der Waals surface area contributed by atoms with Gasteiger partial charge in [0.25, 0.3) is 0 Å². The van der Waals surface area contributed by atoms with Crippen molar-refractivity contribution in [2.75, 3.05) is 26.2 Å². The molecule has 0 atom stereocenters. The number of rotatable bonds is 21. The van der Waals surface area contributed by atoms with Crippen molar-refractivity contribution in [3.63, 3.8) is 0 Å². The quantitative estimate of drug-likeness (QED) is 0.0937. The Bertz CT molecular complexity index is 796. The van der Waals surface area contributed by atoms with Crippen molar-refractivity contribution >= 4 is 11.4 Å². The summed E-state index contributed by atoms with van der Waals surface area (Å²) in [7, 11) is 0. The summed E-state index contributed by atoms with van der Waals surface area (Å²) >= 11 is 0. The molecule has 4 heteroatoms. The van der Waals surface area contributed by atoms with Gasteiger partial charge < -0.3 is 0 Å². The maximum absolute atomic E-state index is 5.41. The van der Waals surface area contributed by atoms with Gasteiger partial charge in [0.1, 0.15) is 11.4 Å². The fourth-order valence-corrected chi connectivity index (χ4v) is 4.56. The fraction of sp³-hybridized carbons (Fsp3) is 0.588. The molecule has 0 bridgehead atoms. The Hall–Kier alpha value is -2.62. The number of hydrazone groups is 2. The van der Waals surface area contributed by atoms with Gasteiger partial charge in [-0.2, -0.15) is 10.2 Å². The predicted molar refractivity (Wildman–Crippen MR) is 167 cm³/mol. The second-order valence-electron chi connectivity index (χ2n) is 10.4. The average Bonchev–Trinajstić information content (AvgIpc) is 2.95. The van der Waals surface area contributed by atoms with Gasteiger partial charge in [0, 0.05) is 37.3 Å². The lowest BCUT2D eigenvalue weighted by molar-refractivity contribution is 0.272. The van der Waals surface area contributed by atoms with Crippen LogP contribution < -0.4 is 0 Å². The van der Waals surface area contributed by atoms with Crippen molar-refractivity contribution in [3.8, 4) is 0 Å². The Morgan fingerprint density at radius 1 is 0.447 bits per heavy atom. The molecule has 0 aliphatic rings. The van der Waals surface area contributed by atoms with Gasteiger partial charge in [0.2, 0.25) is 0 Å². The van der Waals surface area contributed by atoms with Crippen LogP contribution in [0.5, 0.6) is 0 Å². The van der Waals surface area contributed by atoms with Gasteiger partial charge in [-0.25, -0.2) is 0 Å². The number of unbranched alkanes of at least 4 members (excludes halogenated alkanes) is 8. The Morgan fingerprint density at radius 3 is 1.00 bits per heavy atom. The second kappa shape index (κ2) is 20.4. The number of hydrogen-bond donors (Lipinski definition) is 0. The molecule has 0 heterocycles. The molecule has 0 N–H and O–H groups in total. The second-order valence-corrected chi connectivity index (χ2v) is 10.4. The lowest BCUT2D eigenvalue weighted by Gasteiger charge is -2.24. The highest BCUT2D eigenvalue weighted by Crippen LogP contribution is 2.15. The van der Waals surface area contributed by atoms with Gasteiger partial charge in [-0.1, -0.05) is 140 Å². The van der Waals surface area contributed by atoms with Gasteiger partial charge in [0.05, 0.1) is 0 Å². The lowest BCUT2D eigenvalue weighted by Crippen LogP contribution is -2.30. The van der Waals surface area contributed by atoms with Crippen LogP contribution in [0.2, 0.25) is 0 Å². The highest BCUT2D eigenvalue weighted by Gasteiger charge is 2.18. The summed E-state index contributed by atoms with van der Waals surface area (Å²) in [5, 5.41) is 15.5. The molecule has 2 aromatic rings. The summed E-state index contributed by atoms with van der Waals surface area (Å²) in [6.07, 6.45) is 14.5. The highest BCUT2D eigenvalue weighted by atomic mass is 15.5. The van der Waals surface area contributed by atoms with Crippen LogP contribution in [0.25, 0.3) is 0 Å². The fourth-order valence-electron chi connectivity index (χ4n) is 4.56. The summed E-state index contributed by atoms with van der Waals surface area (Å²) in [6, 6.07) is 21.4. The van der Waals surface area contributed by atoms with Crippen molar-refractivity contribution in [3.05, 3.63) is 71.8 Å². The number of nitrogens with zero attached hydrogens (tertiary/aromatic N) is 4. The minimum Gasteiger partial charge on any atom is -0.296 e. The third-order valence-electron chi connectivity index (χ3n) is 6.88. The number of benzene rings is 2. The first-order chi connectivity index (χ1) is 18.7. The maximum atomic E-state index is 5.41. The Morgan fingerprint density at radius 2 is 0.737 bits per heavy atom. The smallest absolute Gasteiger partial charge is 0.118 e. The van der Waals surface area contributed by atoms with Crippen LogP contribution in [0.15, 0.2) is 70.9 Å². The zero-order chi connectivity index (χ0) is 27.3. The zero-order valence-electron chi connectivity index (χ0n) is 24.9. The molecular formula is C34H54N4. The average molecular weight is 519 g/mol. The molecule has 2 aromatic carbocycles. The monoisotopic (exact) mass is 518 g/mol. The minimum absolute atomic E-state index is 0.987. The molecule has 0 unspecified atom stereocenters. The third kappa shape index (κ3) is 12.3. The Balaban J connectivity index is 2.58. The van der Waals surface area contributed by atoms with E-state index < -0.39 is 0 Å². The van der Waals surface area contributed by atoms with E-state index in [-0.39, 0.29) is 0 Å². The molecule has 0 aromatic heterocycles. The third-order valence-corrected chi connectivity index (χ3v) is 6.88. The largest absolute Gasteiger partial charge is 0.296 e. The molecule has 0 aliphatic heterocycles. The van der Waals surface area contributed by atoms with E-state index >= 15 is 0 Å². The van der Waals surface area contributed by atoms with Crippen molar-refractivity contribution in [1.29, 1.82) is 0 Å². The Labute approximate surface area is 234 Å². The lowest BCUT2D eigenvalue weighted by atomic mass is 10.00. The highest BCUT2D eigenvalue weighted by molar-refractivity contribution is 6.53. The molecule has 0 aliphatic carbocycles. The van der Waals surface area contributed by atoms with Crippen LogP contribution in [0.1, 0.15) is 116 Å². The maximum Gasteiger partial charge on any atom is 0.118 e. The number of hydrogen-bond acceptors (Lipinski definition) is 4. The molecule has 0 saturated carbocycles. The zero-order valence-corrected chi connectivity index (χ0v) is 24.9. The van der Waals surface area contributed by atoms with E-state index in [2.05, 4.69) is 98.4 Å². The summed E-state index contributed by atoms with van der Waals surface area (Å²) in [5.41, 5.74) is 4.24. The normalized spacial score (nSPS) is 12.1. The summed E-state index contributed by atoms with van der Waals surface area (Å²) < 4.78 is 0. The van der Waals surface area contributed by atoms with Gasteiger partial charge in [-0.15, -0.1) is 0 Å². The summed E-state index contributed by atoms with van der Waals surface area (Å²) in [5.74, 6) is 0.